The molecule has 5 aromatic rings. The molecule has 6 nitrogen and oxygen atoms in total. The second-order valence-corrected chi connectivity index (χ2v) is 8.60. The van der Waals surface area contributed by atoms with Crippen molar-refractivity contribution in [2.75, 3.05) is 10.6 Å². The average molecular weight is 515 g/mol. The predicted octanol–water partition coefficient (Wildman–Crippen LogP) is 6.68. The van der Waals surface area contributed by atoms with Gasteiger partial charge in [0.05, 0.1) is 23.0 Å². The van der Waals surface area contributed by atoms with Crippen LogP contribution in [0, 0.1) is 0 Å². The monoisotopic (exact) mass is 514 g/mol. The van der Waals surface area contributed by atoms with Crippen molar-refractivity contribution in [3.63, 3.8) is 0 Å². The van der Waals surface area contributed by atoms with Gasteiger partial charge >= 0.3 is 6.18 Å². The van der Waals surface area contributed by atoms with Crippen LogP contribution in [-0.4, -0.2) is 21.8 Å². The van der Waals surface area contributed by atoms with Crippen LogP contribution >= 0.6 is 0 Å². The van der Waals surface area contributed by atoms with E-state index in [-0.39, 0.29) is 12.3 Å². The number of carbonyl (C=O) groups is 2. The van der Waals surface area contributed by atoms with Gasteiger partial charge in [0.15, 0.2) is 0 Å². The van der Waals surface area contributed by atoms with Crippen LogP contribution in [-0.2, 0) is 17.4 Å². The van der Waals surface area contributed by atoms with Crippen LogP contribution in [0.25, 0.3) is 22.2 Å². The van der Waals surface area contributed by atoms with Gasteiger partial charge < -0.3 is 10.3 Å². The van der Waals surface area contributed by atoms with Gasteiger partial charge in [-0.3, -0.25) is 14.9 Å². The molecule has 3 N–H and O–H groups in total. The van der Waals surface area contributed by atoms with Crippen LogP contribution in [0.3, 0.4) is 0 Å². The summed E-state index contributed by atoms with van der Waals surface area (Å²) >= 11 is 0. The molecule has 0 spiro atoms. The number of fused-ring (bicyclic) bond motifs is 1. The number of benzene rings is 4. The van der Waals surface area contributed by atoms with Crippen molar-refractivity contribution in [2.24, 2.45) is 0 Å². The Morgan fingerprint density at radius 3 is 2.18 bits per heavy atom. The molecule has 0 aliphatic heterocycles. The van der Waals surface area contributed by atoms with Crippen LogP contribution < -0.4 is 10.6 Å². The smallest absolute Gasteiger partial charge is 0.324 e. The van der Waals surface area contributed by atoms with Crippen molar-refractivity contribution in [3.05, 3.63) is 114 Å². The summed E-state index contributed by atoms with van der Waals surface area (Å²) in [4.78, 5) is 32.8. The molecule has 0 saturated heterocycles. The Hall–Kier alpha value is -4.92. The van der Waals surface area contributed by atoms with Gasteiger partial charge in [0.1, 0.15) is 0 Å². The fourth-order valence-electron chi connectivity index (χ4n) is 4.05. The zero-order valence-corrected chi connectivity index (χ0v) is 19.8. The number of hydrogen-bond acceptors (Lipinski definition) is 3. The second kappa shape index (κ2) is 10.2. The van der Waals surface area contributed by atoms with Gasteiger partial charge in [0.25, 0.3) is 5.91 Å². The van der Waals surface area contributed by atoms with Crippen LogP contribution in [0.5, 0.6) is 0 Å². The van der Waals surface area contributed by atoms with E-state index >= 15 is 0 Å². The number of imidazole rings is 1. The quantitative estimate of drug-likeness (QED) is 0.236. The molecule has 190 valence electrons. The van der Waals surface area contributed by atoms with Crippen molar-refractivity contribution in [1.29, 1.82) is 0 Å². The molecule has 5 rings (SSSR count). The minimum absolute atomic E-state index is 0.113. The highest BCUT2D eigenvalue weighted by atomic mass is 19.4. The molecule has 0 atom stereocenters. The Balaban J connectivity index is 1.24. The number of anilines is 2. The van der Waals surface area contributed by atoms with Gasteiger partial charge in [-0.2, -0.15) is 13.2 Å². The third kappa shape index (κ3) is 5.57. The summed E-state index contributed by atoms with van der Waals surface area (Å²) in [7, 11) is 0. The Morgan fingerprint density at radius 2 is 1.47 bits per heavy atom. The zero-order chi connectivity index (χ0) is 26.7. The molecular formula is C29H21F3N4O2. The van der Waals surface area contributed by atoms with E-state index in [9.17, 15) is 22.8 Å². The molecule has 9 heteroatoms. The molecule has 0 saturated carbocycles. The van der Waals surface area contributed by atoms with Crippen molar-refractivity contribution in [2.45, 2.75) is 12.6 Å². The zero-order valence-electron chi connectivity index (χ0n) is 19.8. The number of aromatic amines is 1. The molecule has 0 bridgehead atoms. The Morgan fingerprint density at radius 1 is 0.789 bits per heavy atom. The SMILES string of the molecule is O=C(Cc1ccc(NC(=O)c2ccccc2-c2ccc(C(F)(F)F)cc2)cc1)Nc1nc2ccccc2[nH]1. The van der Waals surface area contributed by atoms with Crippen molar-refractivity contribution >= 4 is 34.5 Å². The minimum atomic E-state index is -4.43. The topological polar surface area (TPSA) is 86.9 Å². The number of nitrogens with one attached hydrogen (secondary N) is 3. The second-order valence-electron chi connectivity index (χ2n) is 8.60. The van der Waals surface area contributed by atoms with Gasteiger partial charge in [-0.15, -0.1) is 0 Å². The standard InChI is InChI=1S/C29H21F3N4O2/c30-29(31,32)20-13-11-19(12-14-20)22-5-1-2-6-23(22)27(38)33-21-15-9-18(10-16-21)17-26(37)36-28-34-24-7-3-4-8-25(24)35-28/h1-16H,17H2,(H,33,38)(H2,34,35,36,37). The first kappa shape index (κ1) is 24.8. The number of nitrogens with zero attached hydrogens (tertiary/aromatic N) is 1. The molecule has 1 heterocycles. The molecule has 0 aliphatic rings. The van der Waals surface area contributed by atoms with Gasteiger partial charge in [-0.1, -0.05) is 54.6 Å². The first-order valence-corrected chi connectivity index (χ1v) is 11.7. The number of aromatic nitrogens is 2. The molecule has 1 aromatic heterocycles. The molecule has 4 aromatic carbocycles. The highest BCUT2D eigenvalue weighted by molar-refractivity contribution is 6.08. The van der Waals surface area contributed by atoms with Crippen LogP contribution in [0.1, 0.15) is 21.5 Å². The molecule has 38 heavy (non-hydrogen) atoms. The van der Waals surface area contributed by atoms with E-state index in [0.29, 0.717) is 28.3 Å². The number of alkyl halides is 3. The number of amides is 2. The summed E-state index contributed by atoms with van der Waals surface area (Å²) in [5, 5.41) is 5.55. The van der Waals surface area contributed by atoms with Gasteiger partial charge in [0, 0.05) is 11.3 Å². The van der Waals surface area contributed by atoms with E-state index in [1.807, 2.05) is 24.3 Å². The van der Waals surface area contributed by atoms with Gasteiger partial charge in [-0.05, 0) is 59.2 Å². The number of para-hydroxylation sites is 2. The van der Waals surface area contributed by atoms with Crippen LogP contribution in [0.15, 0.2) is 97.1 Å². The highest BCUT2D eigenvalue weighted by Gasteiger charge is 2.30. The van der Waals surface area contributed by atoms with E-state index in [1.54, 1.807) is 48.5 Å². The van der Waals surface area contributed by atoms with Crippen molar-refractivity contribution in [3.8, 4) is 11.1 Å². The summed E-state index contributed by atoms with van der Waals surface area (Å²) in [6, 6.07) is 25.7. The lowest BCUT2D eigenvalue weighted by Gasteiger charge is -2.12. The van der Waals surface area contributed by atoms with Crippen molar-refractivity contribution in [1.82, 2.24) is 9.97 Å². The summed E-state index contributed by atoms with van der Waals surface area (Å²) in [5.74, 6) is -0.283. The third-order valence-electron chi connectivity index (χ3n) is 5.92. The molecule has 2 amide bonds. The summed E-state index contributed by atoms with van der Waals surface area (Å²) in [6.07, 6.45) is -4.32. The maximum Gasteiger partial charge on any atom is 0.416 e. The number of carbonyl (C=O) groups excluding carboxylic acids is 2. The largest absolute Gasteiger partial charge is 0.416 e. The van der Waals surface area contributed by atoms with E-state index in [0.717, 1.165) is 28.7 Å². The number of hydrogen-bond donors (Lipinski definition) is 3. The van der Waals surface area contributed by atoms with Gasteiger partial charge in [-0.25, -0.2) is 4.98 Å². The Kier molecular flexibility index (Phi) is 6.66. The normalized spacial score (nSPS) is 11.3. The molecular weight excluding hydrogens is 493 g/mol. The average Bonchev–Trinajstić information content (AvgIpc) is 3.31. The molecule has 0 aliphatic carbocycles. The summed E-state index contributed by atoms with van der Waals surface area (Å²) in [6.45, 7) is 0. The van der Waals surface area contributed by atoms with E-state index in [4.69, 9.17) is 0 Å². The Labute approximate surface area is 215 Å². The Bertz CT molecular complexity index is 1580. The van der Waals surface area contributed by atoms with E-state index < -0.39 is 17.6 Å². The number of H-pyrrole nitrogens is 1. The lowest BCUT2D eigenvalue weighted by Crippen LogP contribution is -2.15. The maximum atomic E-state index is 13.0. The van der Waals surface area contributed by atoms with E-state index in [2.05, 4.69) is 20.6 Å². The summed E-state index contributed by atoms with van der Waals surface area (Å²) < 4.78 is 38.8. The first-order valence-electron chi connectivity index (χ1n) is 11.7. The molecule has 0 radical (unpaired) electrons. The van der Waals surface area contributed by atoms with Crippen LogP contribution in [0.2, 0.25) is 0 Å². The fourth-order valence-corrected chi connectivity index (χ4v) is 4.05. The molecule has 0 fully saturated rings. The van der Waals surface area contributed by atoms with Crippen LogP contribution in [0.4, 0.5) is 24.8 Å². The predicted molar refractivity (Wildman–Crippen MR) is 140 cm³/mol. The van der Waals surface area contributed by atoms with E-state index in [1.165, 1.54) is 12.1 Å². The lowest BCUT2D eigenvalue weighted by atomic mass is 9.98. The summed E-state index contributed by atoms with van der Waals surface area (Å²) in [5.41, 5.74) is 3.40. The first-order chi connectivity index (χ1) is 18.3. The lowest BCUT2D eigenvalue weighted by molar-refractivity contribution is -0.137. The number of rotatable bonds is 6. The minimum Gasteiger partial charge on any atom is -0.324 e. The highest BCUT2D eigenvalue weighted by Crippen LogP contribution is 2.32. The fraction of sp³-hybridized carbons (Fsp3) is 0.0690. The van der Waals surface area contributed by atoms with Gasteiger partial charge in [0.2, 0.25) is 11.9 Å². The van der Waals surface area contributed by atoms with Crippen molar-refractivity contribution < 1.29 is 22.8 Å². The third-order valence-corrected chi connectivity index (χ3v) is 5.92. The molecule has 0 unspecified atom stereocenters. The maximum absolute atomic E-state index is 13.0. The number of halogens is 3.